The smallest absolute Gasteiger partial charge is 0.240 e. The van der Waals surface area contributed by atoms with Crippen molar-refractivity contribution >= 4 is 68.2 Å². The Kier molecular flexibility index (Phi) is 6.53. The Hall–Kier alpha value is -3.52. The van der Waals surface area contributed by atoms with Crippen LogP contribution in [-0.4, -0.2) is 40.4 Å². The van der Waals surface area contributed by atoms with Gasteiger partial charge in [-0.25, -0.2) is 4.90 Å². The molecule has 0 aromatic heterocycles. The maximum Gasteiger partial charge on any atom is 0.240 e. The maximum atomic E-state index is 13.9. The summed E-state index contributed by atoms with van der Waals surface area (Å²) in [6, 6.07) is 18.5. The van der Waals surface area contributed by atoms with E-state index >= 15 is 0 Å². The molecule has 0 N–H and O–H groups in total. The predicted octanol–water partition coefficient (Wildman–Crippen LogP) is 6.13. The van der Waals surface area contributed by atoms with Crippen LogP contribution in [0.3, 0.4) is 0 Å². The van der Waals surface area contributed by atoms with E-state index in [4.69, 9.17) is 23.2 Å². The molecule has 194 valence electrons. The first-order valence-electron chi connectivity index (χ1n) is 12.2. The van der Waals surface area contributed by atoms with E-state index in [2.05, 4.69) is 15.9 Å². The lowest BCUT2D eigenvalue weighted by Gasteiger charge is -2.33. The summed E-state index contributed by atoms with van der Waals surface area (Å²) in [6.07, 6.45) is 4.99. The van der Waals surface area contributed by atoms with Crippen molar-refractivity contribution in [1.29, 1.82) is 0 Å². The fourth-order valence-electron chi connectivity index (χ4n) is 5.66. The highest BCUT2D eigenvalue weighted by molar-refractivity contribution is 9.10. The number of rotatable bonds is 5. The van der Waals surface area contributed by atoms with Crippen LogP contribution in [0.5, 0.6) is 0 Å². The lowest BCUT2D eigenvalue weighted by atomic mass is 9.85. The number of anilines is 1. The number of halogens is 3. The van der Waals surface area contributed by atoms with Crippen LogP contribution in [0, 0.1) is 11.8 Å². The fraction of sp³-hybridized carbons (Fsp3) is 0.133. The van der Waals surface area contributed by atoms with Crippen LogP contribution in [0.25, 0.3) is 0 Å². The number of imide groups is 1. The molecule has 6 rings (SSSR count). The van der Waals surface area contributed by atoms with E-state index in [1.807, 2.05) is 6.07 Å². The molecule has 0 radical (unpaired) electrons. The van der Waals surface area contributed by atoms with Crippen LogP contribution in [0.1, 0.15) is 20.7 Å². The zero-order chi connectivity index (χ0) is 27.4. The van der Waals surface area contributed by atoms with Crippen LogP contribution < -0.4 is 4.90 Å². The number of fused-ring (bicyclic) bond motifs is 3. The maximum absolute atomic E-state index is 13.9. The number of amides is 2. The highest BCUT2D eigenvalue weighted by Crippen LogP contribution is 2.47. The summed E-state index contributed by atoms with van der Waals surface area (Å²) < 4.78 is 0.808. The van der Waals surface area contributed by atoms with Crippen LogP contribution in [-0.2, 0) is 9.59 Å². The van der Waals surface area contributed by atoms with Crippen molar-refractivity contribution in [2.45, 2.75) is 12.1 Å². The molecule has 0 saturated carbocycles. The lowest BCUT2D eigenvalue weighted by Crippen LogP contribution is -2.46. The third-order valence-electron chi connectivity index (χ3n) is 7.35. The average molecular weight is 622 g/mol. The summed E-state index contributed by atoms with van der Waals surface area (Å²) in [5.41, 5.74) is 1.55. The van der Waals surface area contributed by atoms with Gasteiger partial charge in [-0.3, -0.25) is 19.2 Å². The highest BCUT2D eigenvalue weighted by Gasteiger charge is 2.63. The van der Waals surface area contributed by atoms with Gasteiger partial charge in [0.05, 0.1) is 23.6 Å². The summed E-state index contributed by atoms with van der Waals surface area (Å²) in [7, 11) is 0. The predicted molar refractivity (Wildman–Crippen MR) is 152 cm³/mol. The summed E-state index contributed by atoms with van der Waals surface area (Å²) >= 11 is 15.7. The van der Waals surface area contributed by atoms with E-state index in [1.54, 1.807) is 71.8 Å². The lowest BCUT2D eigenvalue weighted by molar-refractivity contribution is -0.123. The van der Waals surface area contributed by atoms with Gasteiger partial charge in [-0.2, -0.15) is 0 Å². The molecule has 2 saturated heterocycles. The number of Topliss-reactive ketones (excluding diaryl/α,β-unsaturated/α-hetero) is 2. The molecule has 2 fully saturated rings. The second kappa shape index (κ2) is 9.90. The molecule has 3 heterocycles. The first kappa shape index (κ1) is 25.7. The van der Waals surface area contributed by atoms with E-state index < -0.39 is 35.7 Å². The first-order chi connectivity index (χ1) is 18.7. The molecule has 0 unspecified atom stereocenters. The van der Waals surface area contributed by atoms with E-state index in [0.717, 1.165) is 9.37 Å². The molecular weight excluding hydrogens is 603 g/mol. The molecule has 2 amide bonds. The fourth-order valence-corrected chi connectivity index (χ4v) is 6.44. The average Bonchev–Trinajstić information content (AvgIpc) is 3.39. The zero-order valence-electron chi connectivity index (χ0n) is 20.1. The van der Waals surface area contributed by atoms with Gasteiger partial charge in [0.25, 0.3) is 0 Å². The number of hydrogen-bond acceptors (Lipinski definition) is 5. The normalized spacial score (nSPS) is 23.5. The molecule has 9 heteroatoms. The minimum absolute atomic E-state index is 0.207. The second-order valence-corrected chi connectivity index (χ2v) is 11.4. The van der Waals surface area contributed by atoms with Gasteiger partial charge in [0.15, 0.2) is 11.6 Å². The minimum atomic E-state index is -0.969. The van der Waals surface area contributed by atoms with Crippen LogP contribution >= 0.6 is 39.1 Å². The van der Waals surface area contributed by atoms with Crippen molar-refractivity contribution in [3.8, 4) is 0 Å². The van der Waals surface area contributed by atoms with E-state index in [9.17, 15) is 19.2 Å². The first-order valence-corrected chi connectivity index (χ1v) is 13.7. The molecule has 6 nitrogen and oxygen atoms in total. The van der Waals surface area contributed by atoms with E-state index in [0.29, 0.717) is 16.7 Å². The topological polar surface area (TPSA) is 74.8 Å². The Morgan fingerprint density at radius 3 is 2.10 bits per heavy atom. The number of nitrogens with zero attached hydrogens (tertiary/aromatic N) is 2. The zero-order valence-corrected chi connectivity index (χ0v) is 23.2. The van der Waals surface area contributed by atoms with Crippen LogP contribution in [0.4, 0.5) is 5.69 Å². The van der Waals surface area contributed by atoms with E-state index in [1.165, 1.54) is 18.2 Å². The minimum Gasteiger partial charge on any atom is -0.359 e. The molecule has 0 spiro atoms. The number of allylic oxidation sites excluding steroid dienone is 2. The Balaban J connectivity index is 1.44. The second-order valence-electron chi connectivity index (χ2n) is 9.58. The van der Waals surface area contributed by atoms with Gasteiger partial charge >= 0.3 is 0 Å². The molecular formula is C30H19BrCl2N2O4. The summed E-state index contributed by atoms with van der Waals surface area (Å²) in [4.78, 5) is 57.8. The quantitative estimate of drug-likeness (QED) is 0.253. The van der Waals surface area contributed by atoms with Gasteiger partial charge in [0.1, 0.15) is 6.04 Å². The van der Waals surface area contributed by atoms with Gasteiger partial charge in [-0.15, -0.1) is 0 Å². The molecule has 0 aliphatic carbocycles. The molecule has 3 aromatic rings. The van der Waals surface area contributed by atoms with Crippen molar-refractivity contribution in [1.82, 2.24) is 4.90 Å². The van der Waals surface area contributed by atoms with E-state index in [-0.39, 0.29) is 27.3 Å². The molecule has 3 aliphatic heterocycles. The van der Waals surface area contributed by atoms with Gasteiger partial charge in [-0.1, -0.05) is 87.7 Å². The summed E-state index contributed by atoms with van der Waals surface area (Å²) in [6.45, 7) is 0. The largest absolute Gasteiger partial charge is 0.359 e. The van der Waals surface area contributed by atoms with Crippen molar-refractivity contribution in [2.24, 2.45) is 11.8 Å². The van der Waals surface area contributed by atoms with Crippen molar-refractivity contribution in [3.63, 3.8) is 0 Å². The standard InChI is InChI=1S/C30H19BrCl2N2O4/c31-19-8-6-17(7-9-19)28(37)26-25-24(29(38)35(30(25)39)22-14-20(32)13-21(33)15-22)23-12-18(10-11-34(23)26)27(36)16-4-2-1-3-5-16/h1-15,23-26H/t23-,24-,25-,26+/m1/s1. The van der Waals surface area contributed by atoms with Gasteiger partial charge in [-0.05, 0) is 36.4 Å². The Morgan fingerprint density at radius 2 is 1.44 bits per heavy atom. The van der Waals surface area contributed by atoms with Crippen molar-refractivity contribution in [3.05, 3.63) is 122 Å². The third-order valence-corrected chi connectivity index (χ3v) is 8.31. The summed E-state index contributed by atoms with van der Waals surface area (Å²) in [5, 5.41) is 0.547. The van der Waals surface area contributed by atoms with Gasteiger partial charge in [0.2, 0.25) is 11.8 Å². The number of carbonyl (C=O) groups is 4. The van der Waals surface area contributed by atoms with Crippen LogP contribution in [0.2, 0.25) is 10.0 Å². The number of hydrogen-bond donors (Lipinski definition) is 0. The SMILES string of the molecule is O=C(C1=C[C@@H]2[C@H]3C(=O)N(c4cc(Cl)cc(Cl)c4)C(=O)[C@H]3[C@@H](C(=O)c3ccc(Br)cc3)N2C=C1)c1ccccc1. The molecule has 4 atom stereocenters. The Labute approximate surface area is 242 Å². The van der Waals surface area contributed by atoms with Crippen molar-refractivity contribution < 1.29 is 19.2 Å². The van der Waals surface area contributed by atoms with Crippen molar-refractivity contribution in [2.75, 3.05) is 4.90 Å². The number of benzene rings is 3. The number of carbonyl (C=O) groups excluding carboxylic acids is 4. The van der Waals surface area contributed by atoms with Crippen LogP contribution in [0.15, 0.2) is 101 Å². The summed E-state index contributed by atoms with van der Waals surface area (Å²) in [5.74, 6) is -3.33. The van der Waals surface area contributed by atoms with Gasteiger partial charge < -0.3 is 4.90 Å². The third kappa shape index (κ3) is 4.35. The monoisotopic (exact) mass is 620 g/mol. The number of ketones is 2. The highest BCUT2D eigenvalue weighted by atomic mass is 79.9. The Bertz CT molecular complexity index is 1580. The van der Waals surface area contributed by atoms with Gasteiger partial charge in [0, 0.05) is 37.4 Å². The Morgan fingerprint density at radius 1 is 0.795 bits per heavy atom. The molecule has 0 bridgehead atoms. The molecule has 3 aliphatic rings. The molecule has 3 aromatic carbocycles. The molecule has 39 heavy (non-hydrogen) atoms.